The van der Waals surface area contributed by atoms with Gasteiger partial charge in [-0.2, -0.15) is 0 Å². The summed E-state index contributed by atoms with van der Waals surface area (Å²) in [6.45, 7) is 3.39. The Morgan fingerprint density at radius 1 is 1.38 bits per heavy atom. The number of aliphatic hydroxyl groups excluding tert-OH is 1. The summed E-state index contributed by atoms with van der Waals surface area (Å²) in [6.07, 6.45) is 1.82. The van der Waals surface area contributed by atoms with Crippen molar-refractivity contribution in [3.05, 3.63) is 41.0 Å². The van der Waals surface area contributed by atoms with Gasteiger partial charge in [-0.05, 0) is 18.1 Å². The molecule has 0 spiro atoms. The van der Waals surface area contributed by atoms with E-state index in [2.05, 4.69) is 0 Å². The van der Waals surface area contributed by atoms with Crippen LogP contribution in [0.4, 0.5) is 0 Å². The fourth-order valence-electron chi connectivity index (χ4n) is 1.23. The molecule has 3 nitrogen and oxygen atoms in total. The van der Waals surface area contributed by atoms with Gasteiger partial charge in [-0.3, -0.25) is 4.79 Å². The molecule has 86 valence electrons. The van der Waals surface area contributed by atoms with Crippen LogP contribution in [0.2, 0.25) is 0 Å². The molecule has 3 heteroatoms. The number of hydrogen-bond donors (Lipinski definition) is 1. The minimum absolute atomic E-state index is 0.110. The van der Waals surface area contributed by atoms with Crippen LogP contribution >= 0.6 is 0 Å². The van der Waals surface area contributed by atoms with Gasteiger partial charge in [-0.15, -0.1) is 0 Å². The molecule has 1 N–H and O–H groups in total. The second-order valence-electron chi connectivity index (χ2n) is 3.65. The van der Waals surface area contributed by atoms with Crippen LogP contribution in [0, 0.1) is 6.92 Å². The van der Waals surface area contributed by atoms with E-state index < -0.39 is 0 Å². The first-order chi connectivity index (χ1) is 7.61. The number of hydrogen-bond acceptors (Lipinski definition) is 3. The van der Waals surface area contributed by atoms with Gasteiger partial charge in [0.05, 0.1) is 6.61 Å². The van der Waals surface area contributed by atoms with E-state index in [0.29, 0.717) is 5.57 Å². The summed E-state index contributed by atoms with van der Waals surface area (Å²) in [5.74, 6) is -0.344. The van der Waals surface area contributed by atoms with Crippen LogP contribution in [0.5, 0.6) is 0 Å². The zero-order valence-corrected chi connectivity index (χ0v) is 9.56. The SMILES string of the molecule is CC(=O)OC/C(=C/c1ccc(C)cc1)CO. The first kappa shape index (κ1) is 12.5. The van der Waals surface area contributed by atoms with Crippen molar-refractivity contribution in [3.8, 4) is 0 Å². The predicted octanol–water partition coefficient (Wildman–Crippen LogP) is 1.93. The molecule has 1 aromatic carbocycles. The van der Waals surface area contributed by atoms with Crippen LogP contribution in [-0.4, -0.2) is 24.3 Å². The largest absolute Gasteiger partial charge is 0.461 e. The molecule has 0 fully saturated rings. The smallest absolute Gasteiger partial charge is 0.302 e. The first-order valence-corrected chi connectivity index (χ1v) is 5.12. The quantitative estimate of drug-likeness (QED) is 0.789. The summed E-state index contributed by atoms with van der Waals surface area (Å²) in [5, 5.41) is 9.10. The van der Waals surface area contributed by atoms with E-state index in [1.807, 2.05) is 37.3 Å². The predicted molar refractivity (Wildman–Crippen MR) is 62.9 cm³/mol. The van der Waals surface area contributed by atoms with E-state index in [-0.39, 0.29) is 19.2 Å². The molecule has 0 amide bonds. The van der Waals surface area contributed by atoms with Crippen molar-refractivity contribution in [2.45, 2.75) is 13.8 Å². The van der Waals surface area contributed by atoms with Crippen molar-refractivity contribution in [1.82, 2.24) is 0 Å². The third-order valence-corrected chi connectivity index (χ3v) is 2.11. The fourth-order valence-corrected chi connectivity index (χ4v) is 1.23. The monoisotopic (exact) mass is 220 g/mol. The zero-order valence-electron chi connectivity index (χ0n) is 9.56. The van der Waals surface area contributed by atoms with Crippen molar-refractivity contribution in [1.29, 1.82) is 0 Å². The second kappa shape index (κ2) is 6.08. The van der Waals surface area contributed by atoms with E-state index in [1.54, 1.807) is 0 Å². The van der Waals surface area contributed by atoms with Crippen LogP contribution in [0.1, 0.15) is 18.1 Å². The Morgan fingerprint density at radius 3 is 2.50 bits per heavy atom. The summed E-state index contributed by atoms with van der Waals surface area (Å²) in [6, 6.07) is 7.90. The summed E-state index contributed by atoms with van der Waals surface area (Å²) < 4.78 is 4.82. The minimum atomic E-state index is -0.344. The molecule has 1 aromatic rings. The number of esters is 1. The molecule has 0 radical (unpaired) electrons. The number of ether oxygens (including phenoxy) is 1. The van der Waals surface area contributed by atoms with E-state index >= 15 is 0 Å². The number of carbonyl (C=O) groups excluding carboxylic acids is 1. The molecule has 0 aromatic heterocycles. The Hall–Kier alpha value is -1.61. The van der Waals surface area contributed by atoms with Crippen molar-refractivity contribution in [2.75, 3.05) is 13.2 Å². The number of aliphatic hydroxyl groups is 1. The molecule has 0 saturated heterocycles. The van der Waals surface area contributed by atoms with E-state index in [9.17, 15) is 4.79 Å². The van der Waals surface area contributed by atoms with Gasteiger partial charge in [0.15, 0.2) is 0 Å². The summed E-state index contributed by atoms with van der Waals surface area (Å²) in [4.78, 5) is 10.6. The average Bonchev–Trinajstić information content (AvgIpc) is 2.26. The minimum Gasteiger partial charge on any atom is -0.461 e. The summed E-state index contributed by atoms with van der Waals surface area (Å²) >= 11 is 0. The van der Waals surface area contributed by atoms with Gasteiger partial charge in [-0.25, -0.2) is 0 Å². The molecule has 0 aliphatic rings. The number of rotatable bonds is 4. The maximum absolute atomic E-state index is 10.6. The van der Waals surface area contributed by atoms with Crippen molar-refractivity contribution < 1.29 is 14.6 Å². The molecule has 0 atom stereocenters. The lowest BCUT2D eigenvalue weighted by atomic mass is 10.1. The van der Waals surface area contributed by atoms with Crippen LogP contribution in [0.15, 0.2) is 29.8 Å². The van der Waals surface area contributed by atoms with Gasteiger partial charge in [-0.1, -0.05) is 35.9 Å². The lowest BCUT2D eigenvalue weighted by Gasteiger charge is -2.04. The van der Waals surface area contributed by atoms with Gasteiger partial charge in [0, 0.05) is 6.92 Å². The van der Waals surface area contributed by atoms with Crippen molar-refractivity contribution in [2.24, 2.45) is 0 Å². The lowest BCUT2D eigenvalue weighted by Crippen LogP contribution is -2.05. The highest BCUT2D eigenvalue weighted by Crippen LogP contribution is 2.08. The molecule has 0 unspecified atom stereocenters. The Labute approximate surface area is 95.4 Å². The third kappa shape index (κ3) is 4.28. The van der Waals surface area contributed by atoms with Crippen LogP contribution in [0.25, 0.3) is 6.08 Å². The molecular weight excluding hydrogens is 204 g/mol. The molecule has 16 heavy (non-hydrogen) atoms. The highest BCUT2D eigenvalue weighted by Gasteiger charge is 1.99. The third-order valence-electron chi connectivity index (χ3n) is 2.11. The second-order valence-corrected chi connectivity index (χ2v) is 3.65. The van der Waals surface area contributed by atoms with Crippen molar-refractivity contribution in [3.63, 3.8) is 0 Å². The number of benzene rings is 1. The summed E-state index contributed by atoms with van der Waals surface area (Å²) in [5.41, 5.74) is 2.85. The zero-order chi connectivity index (χ0) is 12.0. The molecule has 0 aliphatic carbocycles. The molecular formula is C13H16O3. The normalized spacial score (nSPS) is 11.3. The lowest BCUT2D eigenvalue weighted by molar-refractivity contribution is -0.140. The van der Waals surface area contributed by atoms with Crippen LogP contribution < -0.4 is 0 Å². The van der Waals surface area contributed by atoms with E-state index in [1.165, 1.54) is 12.5 Å². The van der Waals surface area contributed by atoms with E-state index in [4.69, 9.17) is 9.84 Å². The van der Waals surface area contributed by atoms with Gasteiger partial charge in [0.2, 0.25) is 0 Å². The van der Waals surface area contributed by atoms with Gasteiger partial charge >= 0.3 is 5.97 Å². The average molecular weight is 220 g/mol. The molecule has 0 aliphatic heterocycles. The molecule has 0 saturated carbocycles. The Kier molecular flexibility index (Phi) is 4.73. The standard InChI is InChI=1S/C13H16O3/c1-10-3-5-12(6-4-10)7-13(8-14)9-16-11(2)15/h3-7,14H,8-9H2,1-2H3/b13-7+. The Morgan fingerprint density at radius 2 is 2.00 bits per heavy atom. The van der Waals surface area contributed by atoms with Crippen LogP contribution in [0.3, 0.4) is 0 Å². The fraction of sp³-hybridized carbons (Fsp3) is 0.308. The molecule has 0 heterocycles. The van der Waals surface area contributed by atoms with E-state index in [0.717, 1.165) is 5.56 Å². The first-order valence-electron chi connectivity index (χ1n) is 5.12. The maximum Gasteiger partial charge on any atom is 0.302 e. The maximum atomic E-state index is 10.6. The highest BCUT2D eigenvalue weighted by atomic mass is 16.5. The Balaban J connectivity index is 2.71. The highest BCUT2D eigenvalue weighted by molar-refractivity contribution is 5.66. The Bertz CT molecular complexity index is 377. The van der Waals surface area contributed by atoms with Crippen molar-refractivity contribution >= 4 is 12.0 Å². The molecule has 1 rings (SSSR count). The van der Waals surface area contributed by atoms with Gasteiger partial charge in [0.25, 0.3) is 0 Å². The number of carbonyl (C=O) groups is 1. The van der Waals surface area contributed by atoms with Crippen LogP contribution in [-0.2, 0) is 9.53 Å². The topological polar surface area (TPSA) is 46.5 Å². The number of aryl methyl sites for hydroxylation is 1. The molecule has 0 bridgehead atoms. The van der Waals surface area contributed by atoms with Gasteiger partial charge in [0.1, 0.15) is 6.61 Å². The summed E-state index contributed by atoms with van der Waals surface area (Å²) in [7, 11) is 0. The van der Waals surface area contributed by atoms with Gasteiger partial charge < -0.3 is 9.84 Å².